The maximum Gasteiger partial charge on any atom is 0.310 e. The molecular weight excluding hydrogens is 354 g/mol. The molecule has 0 saturated heterocycles. The van der Waals surface area contributed by atoms with Crippen LogP contribution in [0.15, 0.2) is 47.5 Å². The maximum absolute atomic E-state index is 11.8. The number of nitrogens with one attached hydrogen (secondary N) is 2. The third-order valence-electron chi connectivity index (χ3n) is 4.30. The van der Waals surface area contributed by atoms with Gasteiger partial charge >= 0.3 is 5.69 Å². The minimum Gasteiger partial charge on any atom is -0.379 e. The zero-order chi connectivity index (χ0) is 18.9. The van der Waals surface area contributed by atoms with Crippen molar-refractivity contribution in [2.24, 2.45) is 0 Å². The zero-order valence-electron chi connectivity index (χ0n) is 14.4. The summed E-state index contributed by atoms with van der Waals surface area (Å²) in [5.41, 5.74) is 3.11. The first-order valence-corrected chi connectivity index (χ1v) is 9.95. The molecule has 3 aromatic rings. The predicted octanol–water partition coefficient (Wildman–Crippen LogP) is 3.44. The molecule has 0 saturated carbocycles. The first kappa shape index (κ1) is 17.9. The summed E-state index contributed by atoms with van der Waals surface area (Å²) in [6.07, 6.45) is 3.54. The van der Waals surface area contributed by atoms with Crippen molar-refractivity contribution in [2.75, 3.05) is 18.1 Å². The minimum atomic E-state index is -3.69. The number of H-pyrrole nitrogens is 1. The number of benzene rings is 2. The van der Waals surface area contributed by atoms with Gasteiger partial charge in [0.15, 0.2) is 9.84 Å². The number of aromatic amines is 1. The van der Waals surface area contributed by atoms with E-state index in [2.05, 4.69) is 10.3 Å². The Balaban J connectivity index is 1.84. The maximum atomic E-state index is 11.8. The van der Waals surface area contributed by atoms with Crippen molar-refractivity contribution in [3.05, 3.63) is 63.8 Å². The van der Waals surface area contributed by atoms with Gasteiger partial charge in [-0.25, -0.2) is 8.42 Å². The summed E-state index contributed by atoms with van der Waals surface area (Å²) < 4.78 is 23.6. The molecule has 2 N–H and O–H groups in total. The van der Waals surface area contributed by atoms with Crippen molar-refractivity contribution in [2.45, 2.75) is 18.2 Å². The number of fused-ring (bicyclic) bond motifs is 1. The second-order valence-corrected chi connectivity index (χ2v) is 8.15. The van der Waals surface area contributed by atoms with Gasteiger partial charge in [0.2, 0.25) is 0 Å². The van der Waals surface area contributed by atoms with Crippen molar-refractivity contribution in [3.8, 4) is 0 Å². The summed E-state index contributed by atoms with van der Waals surface area (Å²) in [6, 6.07) is 10.3. The molecule has 2 aromatic carbocycles. The number of sulfone groups is 1. The quantitative estimate of drug-likeness (QED) is 0.509. The Bertz CT molecular complexity index is 1090. The highest BCUT2D eigenvalue weighted by Gasteiger charge is 2.25. The van der Waals surface area contributed by atoms with Crippen molar-refractivity contribution >= 4 is 32.1 Å². The van der Waals surface area contributed by atoms with Gasteiger partial charge < -0.3 is 10.3 Å². The van der Waals surface area contributed by atoms with Gasteiger partial charge in [-0.3, -0.25) is 10.1 Å². The van der Waals surface area contributed by atoms with Gasteiger partial charge in [-0.2, -0.15) is 0 Å². The summed E-state index contributed by atoms with van der Waals surface area (Å²) in [4.78, 5) is 13.7. The number of nitro groups is 1. The van der Waals surface area contributed by atoms with E-state index < -0.39 is 20.4 Å². The largest absolute Gasteiger partial charge is 0.379 e. The number of hydrogen-bond donors (Lipinski definition) is 2. The highest BCUT2D eigenvalue weighted by molar-refractivity contribution is 7.90. The molecule has 0 radical (unpaired) electrons. The predicted molar refractivity (Wildman–Crippen MR) is 101 cm³/mol. The molecule has 0 unspecified atom stereocenters. The molecule has 0 aliphatic heterocycles. The molecule has 3 rings (SSSR count). The molecule has 1 aromatic heterocycles. The lowest BCUT2D eigenvalue weighted by atomic mass is 10.1. The summed E-state index contributed by atoms with van der Waals surface area (Å²) in [5.74, 6) is 0. The van der Waals surface area contributed by atoms with Crippen LogP contribution in [0.1, 0.15) is 11.1 Å². The van der Waals surface area contributed by atoms with Gasteiger partial charge in [0, 0.05) is 29.9 Å². The van der Waals surface area contributed by atoms with Gasteiger partial charge in [0.1, 0.15) is 10.6 Å². The van der Waals surface area contributed by atoms with Crippen LogP contribution in [0.25, 0.3) is 10.9 Å². The molecular formula is C18H19N3O4S. The zero-order valence-corrected chi connectivity index (χ0v) is 15.3. The van der Waals surface area contributed by atoms with Crippen molar-refractivity contribution < 1.29 is 13.3 Å². The third-order valence-corrected chi connectivity index (χ3v) is 5.43. The molecule has 1 heterocycles. The van der Waals surface area contributed by atoms with Crippen LogP contribution in [-0.4, -0.2) is 31.1 Å². The third kappa shape index (κ3) is 3.41. The van der Waals surface area contributed by atoms with Crippen molar-refractivity contribution in [3.63, 3.8) is 0 Å². The average Bonchev–Trinajstić information content (AvgIpc) is 2.98. The fourth-order valence-corrected chi connectivity index (χ4v) is 3.92. The first-order valence-electron chi connectivity index (χ1n) is 8.06. The van der Waals surface area contributed by atoms with Crippen LogP contribution < -0.4 is 5.32 Å². The van der Waals surface area contributed by atoms with Gasteiger partial charge in [-0.05, 0) is 36.6 Å². The summed E-state index contributed by atoms with van der Waals surface area (Å²) in [7, 11) is -3.69. The lowest BCUT2D eigenvalue weighted by molar-refractivity contribution is -0.386. The Labute approximate surface area is 151 Å². The van der Waals surface area contributed by atoms with Crippen LogP contribution in [0.3, 0.4) is 0 Å². The number of para-hydroxylation sites is 2. The van der Waals surface area contributed by atoms with Gasteiger partial charge in [0.25, 0.3) is 0 Å². The lowest BCUT2D eigenvalue weighted by Crippen LogP contribution is -2.10. The SMILES string of the molecule is Cc1cccc2c(CCNc3cccc(S(C)(=O)=O)c3[N+](=O)[O-])c[nH]c12. The van der Waals surface area contributed by atoms with Crippen LogP contribution >= 0.6 is 0 Å². The van der Waals surface area contributed by atoms with Gasteiger partial charge in [0.05, 0.1) is 4.92 Å². The normalized spacial score (nSPS) is 11.6. The molecule has 0 aliphatic rings. The standard InChI is InChI=1S/C18H19N3O4S/c1-12-5-3-6-14-13(11-20-17(12)14)9-10-19-15-7-4-8-16(26(2,24)25)18(15)21(22)23/h3-8,11,19-20H,9-10H2,1-2H3. The summed E-state index contributed by atoms with van der Waals surface area (Å²) in [6.45, 7) is 2.47. The van der Waals surface area contributed by atoms with Crippen LogP contribution in [0.4, 0.5) is 11.4 Å². The van der Waals surface area contributed by atoms with E-state index in [1.165, 1.54) is 18.2 Å². The van der Waals surface area contributed by atoms with E-state index in [4.69, 9.17) is 0 Å². The summed E-state index contributed by atoms with van der Waals surface area (Å²) in [5, 5.41) is 15.5. The Morgan fingerprint density at radius 1 is 1.19 bits per heavy atom. The number of aromatic nitrogens is 1. The molecule has 0 amide bonds. The molecule has 136 valence electrons. The number of aryl methyl sites for hydroxylation is 1. The molecule has 0 fully saturated rings. The molecule has 26 heavy (non-hydrogen) atoms. The Morgan fingerprint density at radius 3 is 2.62 bits per heavy atom. The molecule has 8 heteroatoms. The van der Waals surface area contributed by atoms with Gasteiger partial charge in [-0.1, -0.05) is 24.3 Å². The average molecular weight is 373 g/mol. The second kappa shape index (κ2) is 6.80. The van der Waals surface area contributed by atoms with E-state index in [-0.39, 0.29) is 10.6 Å². The van der Waals surface area contributed by atoms with Gasteiger partial charge in [-0.15, -0.1) is 0 Å². The van der Waals surface area contributed by atoms with E-state index in [1.807, 2.05) is 31.3 Å². The van der Waals surface area contributed by atoms with Crippen LogP contribution in [0.2, 0.25) is 0 Å². The lowest BCUT2D eigenvalue weighted by Gasteiger charge is -2.09. The fourth-order valence-electron chi connectivity index (χ4n) is 3.06. The number of nitrogens with zero attached hydrogens (tertiary/aromatic N) is 1. The van der Waals surface area contributed by atoms with E-state index in [1.54, 1.807) is 0 Å². The molecule has 0 atom stereocenters. The number of nitro benzene ring substituents is 1. The highest BCUT2D eigenvalue weighted by atomic mass is 32.2. The number of anilines is 1. The molecule has 0 spiro atoms. The summed E-state index contributed by atoms with van der Waals surface area (Å²) >= 11 is 0. The molecule has 0 aliphatic carbocycles. The van der Waals surface area contributed by atoms with Crippen molar-refractivity contribution in [1.82, 2.24) is 4.98 Å². The monoisotopic (exact) mass is 373 g/mol. The van der Waals surface area contributed by atoms with E-state index >= 15 is 0 Å². The van der Waals surface area contributed by atoms with Crippen molar-refractivity contribution in [1.29, 1.82) is 0 Å². The highest BCUT2D eigenvalue weighted by Crippen LogP contribution is 2.32. The molecule has 7 nitrogen and oxygen atoms in total. The van der Waals surface area contributed by atoms with E-state index in [9.17, 15) is 18.5 Å². The van der Waals surface area contributed by atoms with Crippen LogP contribution in [0.5, 0.6) is 0 Å². The Kier molecular flexibility index (Phi) is 4.69. The molecule has 0 bridgehead atoms. The second-order valence-electron chi connectivity index (χ2n) is 6.17. The number of rotatable bonds is 6. The van der Waals surface area contributed by atoms with Crippen LogP contribution in [0, 0.1) is 17.0 Å². The minimum absolute atomic E-state index is 0.203. The topological polar surface area (TPSA) is 105 Å². The van der Waals surface area contributed by atoms with E-state index in [0.717, 1.165) is 28.3 Å². The van der Waals surface area contributed by atoms with E-state index in [0.29, 0.717) is 13.0 Å². The Hall–Kier alpha value is -2.87. The Morgan fingerprint density at radius 2 is 1.92 bits per heavy atom. The number of hydrogen-bond acceptors (Lipinski definition) is 5. The first-order chi connectivity index (χ1) is 12.3. The van der Waals surface area contributed by atoms with Crippen LogP contribution in [-0.2, 0) is 16.3 Å². The smallest absolute Gasteiger partial charge is 0.310 e. The fraction of sp³-hybridized carbons (Fsp3) is 0.222.